The van der Waals surface area contributed by atoms with E-state index in [1.165, 1.54) is 4.31 Å². The molecule has 1 atom stereocenters. The molecule has 1 amide bonds. The van der Waals surface area contributed by atoms with Crippen LogP contribution in [-0.2, 0) is 14.8 Å². The summed E-state index contributed by atoms with van der Waals surface area (Å²) in [4.78, 5) is 12.2. The number of nitrogens with one attached hydrogen (secondary N) is 1. The second kappa shape index (κ2) is 5.61. The molecule has 0 bridgehead atoms. The molecule has 2 aliphatic rings. The maximum Gasteiger partial charge on any atom is 0.240 e. The number of nitrogens with zero attached hydrogens (tertiary/aromatic N) is 1. The zero-order valence-electron chi connectivity index (χ0n) is 12.3. The Labute approximate surface area is 121 Å². The van der Waals surface area contributed by atoms with E-state index in [1.54, 1.807) is 13.8 Å². The number of piperidine rings is 1. The SMILES string of the molecule is CCS(=O)(=O)N1CCC(NC(=O)C(C)(N)C2CC2)CC1. The van der Waals surface area contributed by atoms with Crippen molar-refractivity contribution in [3.8, 4) is 0 Å². The van der Waals surface area contributed by atoms with Crippen molar-refractivity contribution in [3.63, 3.8) is 0 Å². The molecule has 1 heterocycles. The summed E-state index contributed by atoms with van der Waals surface area (Å²) in [5.74, 6) is 0.326. The average molecular weight is 303 g/mol. The third-order valence-corrected chi connectivity index (χ3v) is 6.34. The zero-order valence-corrected chi connectivity index (χ0v) is 13.1. The van der Waals surface area contributed by atoms with Crippen molar-refractivity contribution in [2.24, 2.45) is 11.7 Å². The lowest BCUT2D eigenvalue weighted by Gasteiger charge is -2.33. The molecular weight excluding hydrogens is 278 g/mol. The van der Waals surface area contributed by atoms with Gasteiger partial charge in [-0.2, -0.15) is 0 Å². The Bertz CT molecular complexity index is 463. The molecule has 3 N–H and O–H groups in total. The molecule has 20 heavy (non-hydrogen) atoms. The van der Waals surface area contributed by atoms with Crippen LogP contribution in [0, 0.1) is 5.92 Å². The molecule has 1 aliphatic heterocycles. The minimum absolute atomic E-state index is 0.0347. The van der Waals surface area contributed by atoms with E-state index in [0.29, 0.717) is 31.8 Å². The second-order valence-corrected chi connectivity index (χ2v) is 8.36. The molecule has 0 aromatic carbocycles. The first kappa shape index (κ1) is 15.7. The van der Waals surface area contributed by atoms with Crippen LogP contribution < -0.4 is 11.1 Å². The maximum atomic E-state index is 12.2. The number of amides is 1. The molecule has 0 aromatic heterocycles. The number of nitrogens with two attached hydrogens (primary N) is 1. The smallest absolute Gasteiger partial charge is 0.240 e. The first-order chi connectivity index (χ1) is 9.27. The first-order valence-electron chi connectivity index (χ1n) is 7.35. The van der Waals surface area contributed by atoms with Gasteiger partial charge in [-0.1, -0.05) is 0 Å². The van der Waals surface area contributed by atoms with E-state index in [9.17, 15) is 13.2 Å². The Balaban J connectivity index is 1.84. The number of hydrogen-bond acceptors (Lipinski definition) is 4. The highest BCUT2D eigenvalue weighted by atomic mass is 32.2. The van der Waals surface area contributed by atoms with Crippen molar-refractivity contribution in [3.05, 3.63) is 0 Å². The van der Waals surface area contributed by atoms with Gasteiger partial charge in [0, 0.05) is 19.1 Å². The molecule has 7 heteroatoms. The van der Waals surface area contributed by atoms with Gasteiger partial charge in [-0.3, -0.25) is 4.79 Å². The number of carbonyl (C=O) groups is 1. The van der Waals surface area contributed by atoms with Gasteiger partial charge < -0.3 is 11.1 Å². The van der Waals surface area contributed by atoms with E-state index in [4.69, 9.17) is 5.73 Å². The monoisotopic (exact) mass is 303 g/mol. The molecule has 0 aromatic rings. The van der Waals surface area contributed by atoms with Crippen LogP contribution in [0.4, 0.5) is 0 Å². The fourth-order valence-electron chi connectivity index (χ4n) is 2.67. The Morgan fingerprint density at radius 2 is 1.85 bits per heavy atom. The number of sulfonamides is 1. The van der Waals surface area contributed by atoms with Gasteiger partial charge in [0.2, 0.25) is 15.9 Å². The van der Waals surface area contributed by atoms with Crippen molar-refractivity contribution in [1.82, 2.24) is 9.62 Å². The lowest BCUT2D eigenvalue weighted by Crippen LogP contribution is -2.57. The molecule has 1 saturated heterocycles. The standard InChI is InChI=1S/C13H25N3O3S/c1-3-20(18,19)16-8-6-11(7-9-16)15-12(17)13(2,14)10-4-5-10/h10-11H,3-9,14H2,1-2H3,(H,15,17). The summed E-state index contributed by atoms with van der Waals surface area (Å²) in [6, 6.07) is 0.0347. The van der Waals surface area contributed by atoms with Crippen molar-refractivity contribution >= 4 is 15.9 Å². The zero-order chi connectivity index (χ0) is 15.0. The quantitative estimate of drug-likeness (QED) is 0.750. The summed E-state index contributed by atoms with van der Waals surface area (Å²) in [7, 11) is -3.11. The van der Waals surface area contributed by atoms with Crippen LogP contribution in [0.2, 0.25) is 0 Å². The van der Waals surface area contributed by atoms with E-state index in [0.717, 1.165) is 12.8 Å². The third kappa shape index (κ3) is 3.32. The van der Waals surface area contributed by atoms with Gasteiger partial charge in [0.05, 0.1) is 11.3 Å². The van der Waals surface area contributed by atoms with E-state index in [2.05, 4.69) is 5.32 Å². The Morgan fingerprint density at radius 1 is 1.30 bits per heavy atom. The second-order valence-electron chi connectivity index (χ2n) is 6.10. The van der Waals surface area contributed by atoms with Crippen LogP contribution in [0.15, 0.2) is 0 Å². The molecule has 1 saturated carbocycles. The van der Waals surface area contributed by atoms with Gasteiger partial charge in [0.15, 0.2) is 0 Å². The van der Waals surface area contributed by atoms with Crippen LogP contribution in [-0.4, -0.2) is 49.1 Å². The van der Waals surface area contributed by atoms with Crippen LogP contribution in [0.25, 0.3) is 0 Å². The first-order valence-corrected chi connectivity index (χ1v) is 8.96. The third-order valence-electron chi connectivity index (χ3n) is 4.46. The summed E-state index contributed by atoms with van der Waals surface area (Å²) in [6.45, 7) is 4.40. The Kier molecular flexibility index (Phi) is 4.41. The summed E-state index contributed by atoms with van der Waals surface area (Å²) >= 11 is 0. The number of carbonyl (C=O) groups excluding carboxylic acids is 1. The van der Waals surface area contributed by atoms with Gasteiger partial charge in [-0.05, 0) is 45.4 Å². The highest BCUT2D eigenvalue weighted by molar-refractivity contribution is 7.89. The predicted octanol–water partition coefficient (Wildman–Crippen LogP) is 0.0441. The minimum atomic E-state index is -3.11. The maximum absolute atomic E-state index is 12.2. The van der Waals surface area contributed by atoms with Crippen molar-refractivity contribution in [2.45, 2.75) is 51.1 Å². The predicted molar refractivity (Wildman–Crippen MR) is 77.5 cm³/mol. The summed E-state index contributed by atoms with van der Waals surface area (Å²) in [6.07, 6.45) is 3.36. The van der Waals surface area contributed by atoms with Crippen LogP contribution in [0.5, 0.6) is 0 Å². The summed E-state index contributed by atoms with van der Waals surface area (Å²) in [5.41, 5.74) is 5.30. The van der Waals surface area contributed by atoms with Crippen molar-refractivity contribution in [1.29, 1.82) is 0 Å². The van der Waals surface area contributed by atoms with Gasteiger partial charge in [0.1, 0.15) is 0 Å². The normalized spacial score (nSPS) is 25.1. The highest BCUT2D eigenvalue weighted by Gasteiger charge is 2.44. The van der Waals surface area contributed by atoms with Crippen LogP contribution in [0.3, 0.4) is 0 Å². The van der Waals surface area contributed by atoms with E-state index in [1.807, 2.05) is 0 Å². The largest absolute Gasteiger partial charge is 0.352 e. The summed E-state index contributed by atoms with van der Waals surface area (Å²) in [5, 5.41) is 2.99. The van der Waals surface area contributed by atoms with Gasteiger partial charge in [-0.25, -0.2) is 12.7 Å². The summed E-state index contributed by atoms with van der Waals surface area (Å²) < 4.78 is 25.0. The van der Waals surface area contributed by atoms with E-state index < -0.39 is 15.6 Å². The molecular formula is C13H25N3O3S. The topological polar surface area (TPSA) is 92.5 Å². The molecule has 1 unspecified atom stereocenters. The van der Waals surface area contributed by atoms with Gasteiger partial charge >= 0.3 is 0 Å². The lowest BCUT2D eigenvalue weighted by atomic mass is 9.95. The molecule has 6 nitrogen and oxygen atoms in total. The van der Waals surface area contributed by atoms with Crippen molar-refractivity contribution < 1.29 is 13.2 Å². The Morgan fingerprint density at radius 3 is 2.30 bits per heavy atom. The average Bonchev–Trinajstić information content (AvgIpc) is 3.24. The fourth-order valence-corrected chi connectivity index (χ4v) is 3.80. The molecule has 0 spiro atoms. The molecule has 116 valence electrons. The van der Waals surface area contributed by atoms with Crippen molar-refractivity contribution in [2.75, 3.05) is 18.8 Å². The molecule has 1 aliphatic carbocycles. The molecule has 2 rings (SSSR count). The van der Waals surface area contributed by atoms with Gasteiger partial charge in [0.25, 0.3) is 0 Å². The van der Waals surface area contributed by atoms with Crippen LogP contribution in [0.1, 0.15) is 39.5 Å². The van der Waals surface area contributed by atoms with E-state index in [-0.39, 0.29) is 17.7 Å². The lowest BCUT2D eigenvalue weighted by molar-refractivity contribution is -0.127. The number of hydrogen-bond donors (Lipinski definition) is 2. The van der Waals surface area contributed by atoms with E-state index >= 15 is 0 Å². The molecule has 2 fully saturated rings. The van der Waals surface area contributed by atoms with Gasteiger partial charge in [-0.15, -0.1) is 0 Å². The minimum Gasteiger partial charge on any atom is -0.352 e. The highest BCUT2D eigenvalue weighted by Crippen LogP contribution is 2.38. The fraction of sp³-hybridized carbons (Fsp3) is 0.923. The number of rotatable bonds is 5. The Hall–Kier alpha value is -0.660. The van der Waals surface area contributed by atoms with Crippen LogP contribution >= 0.6 is 0 Å². The molecule has 0 radical (unpaired) electrons.